The van der Waals surface area contributed by atoms with E-state index in [-0.39, 0.29) is 6.04 Å². The summed E-state index contributed by atoms with van der Waals surface area (Å²) in [6, 6.07) is 1.73. The predicted molar refractivity (Wildman–Crippen MR) is 80.6 cm³/mol. The summed E-state index contributed by atoms with van der Waals surface area (Å²) in [4.78, 5) is 1.08. The average Bonchev–Trinajstić information content (AvgIpc) is 2.81. The lowest BCUT2D eigenvalue weighted by Crippen LogP contribution is -2.48. The molecule has 1 aliphatic heterocycles. The molecule has 2 rings (SSSR count). The zero-order valence-corrected chi connectivity index (χ0v) is 13.8. The number of ether oxygens (including phenoxy) is 1. The van der Waals surface area contributed by atoms with Crippen LogP contribution in [0.5, 0.6) is 0 Å². The molecule has 7 heteroatoms. The summed E-state index contributed by atoms with van der Waals surface area (Å²) in [5, 5.41) is 3.07. The highest BCUT2D eigenvalue weighted by molar-refractivity contribution is 7.91. The van der Waals surface area contributed by atoms with Gasteiger partial charge in [0.05, 0.1) is 13.2 Å². The Balaban J connectivity index is 2.31. The van der Waals surface area contributed by atoms with Crippen LogP contribution in [-0.4, -0.2) is 45.6 Å². The van der Waals surface area contributed by atoms with E-state index in [9.17, 15) is 8.42 Å². The van der Waals surface area contributed by atoms with Crippen molar-refractivity contribution in [3.05, 3.63) is 16.5 Å². The van der Waals surface area contributed by atoms with Crippen LogP contribution in [-0.2, 0) is 21.3 Å². The van der Waals surface area contributed by atoms with Crippen molar-refractivity contribution < 1.29 is 13.2 Å². The average molecular weight is 318 g/mol. The second-order valence-electron chi connectivity index (χ2n) is 4.95. The molecule has 0 aromatic carbocycles. The molecule has 1 aliphatic rings. The van der Waals surface area contributed by atoms with Crippen LogP contribution < -0.4 is 5.32 Å². The molecule has 1 atom stereocenters. The first-order chi connectivity index (χ1) is 9.50. The van der Waals surface area contributed by atoms with Gasteiger partial charge in [-0.25, -0.2) is 8.42 Å². The smallest absolute Gasteiger partial charge is 0.252 e. The van der Waals surface area contributed by atoms with E-state index in [1.54, 1.807) is 10.4 Å². The van der Waals surface area contributed by atoms with E-state index in [4.69, 9.17) is 4.74 Å². The van der Waals surface area contributed by atoms with E-state index in [1.165, 1.54) is 11.3 Å². The molecular formula is C13H22N2O3S2. The van der Waals surface area contributed by atoms with Crippen molar-refractivity contribution in [2.24, 2.45) is 0 Å². The summed E-state index contributed by atoms with van der Waals surface area (Å²) in [6.07, 6.45) is 0.771. The minimum Gasteiger partial charge on any atom is -0.378 e. The summed E-state index contributed by atoms with van der Waals surface area (Å²) in [6.45, 7) is 6.06. The van der Waals surface area contributed by atoms with Crippen molar-refractivity contribution >= 4 is 21.4 Å². The molecule has 114 valence electrons. The Labute approximate surface area is 125 Å². The number of thiophene rings is 1. The second-order valence-corrected chi connectivity index (χ2v) is 8.21. The van der Waals surface area contributed by atoms with Crippen molar-refractivity contribution in [2.75, 3.05) is 26.8 Å². The lowest BCUT2D eigenvalue weighted by Gasteiger charge is -2.33. The third-order valence-corrected chi connectivity index (χ3v) is 7.18. The Morgan fingerprint density at radius 3 is 2.95 bits per heavy atom. The number of hydrogen-bond donors (Lipinski definition) is 1. The minimum atomic E-state index is -3.40. The molecule has 2 heterocycles. The maximum Gasteiger partial charge on any atom is 0.252 e. The molecule has 0 spiro atoms. The van der Waals surface area contributed by atoms with Crippen LogP contribution in [0.4, 0.5) is 0 Å². The maximum absolute atomic E-state index is 12.8. The molecule has 0 saturated carbocycles. The highest BCUT2D eigenvalue weighted by atomic mass is 32.2. The van der Waals surface area contributed by atoms with Gasteiger partial charge in [-0.15, -0.1) is 11.3 Å². The van der Waals surface area contributed by atoms with Gasteiger partial charge in [-0.2, -0.15) is 4.31 Å². The SMILES string of the molecule is CCC1COCCN1S(=O)(=O)c1cc(C)c(CNC)s1. The summed E-state index contributed by atoms with van der Waals surface area (Å²) in [5.74, 6) is 0. The highest BCUT2D eigenvalue weighted by Gasteiger charge is 2.34. The van der Waals surface area contributed by atoms with Crippen LogP contribution in [0.1, 0.15) is 23.8 Å². The first-order valence-electron chi connectivity index (χ1n) is 6.84. The molecule has 0 amide bonds. The van der Waals surface area contributed by atoms with Crippen molar-refractivity contribution in [2.45, 2.75) is 37.1 Å². The van der Waals surface area contributed by atoms with Crippen LogP contribution in [0.2, 0.25) is 0 Å². The van der Waals surface area contributed by atoms with E-state index in [0.717, 1.165) is 16.9 Å². The monoisotopic (exact) mass is 318 g/mol. The van der Waals surface area contributed by atoms with E-state index in [2.05, 4.69) is 5.32 Å². The number of nitrogens with zero attached hydrogens (tertiary/aromatic N) is 1. The van der Waals surface area contributed by atoms with Gasteiger partial charge in [0.1, 0.15) is 4.21 Å². The van der Waals surface area contributed by atoms with Gasteiger partial charge in [0, 0.05) is 24.0 Å². The van der Waals surface area contributed by atoms with Gasteiger partial charge >= 0.3 is 0 Å². The number of hydrogen-bond acceptors (Lipinski definition) is 5. The van der Waals surface area contributed by atoms with Crippen LogP contribution in [0.3, 0.4) is 0 Å². The minimum absolute atomic E-state index is 0.0519. The van der Waals surface area contributed by atoms with Crippen molar-refractivity contribution in [1.82, 2.24) is 9.62 Å². The molecule has 0 bridgehead atoms. The summed E-state index contributed by atoms with van der Waals surface area (Å²) in [7, 11) is -1.54. The number of nitrogens with one attached hydrogen (secondary N) is 1. The topological polar surface area (TPSA) is 58.6 Å². The van der Waals surface area contributed by atoms with Gasteiger partial charge in [0.2, 0.25) is 0 Å². The van der Waals surface area contributed by atoms with E-state index in [1.807, 2.05) is 20.9 Å². The van der Waals surface area contributed by atoms with Gasteiger partial charge in [-0.3, -0.25) is 0 Å². The van der Waals surface area contributed by atoms with E-state index < -0.39 is 10.0 Å². The molecular weight excluding hydrogens is 296 g/mol. The fourth-order valence-corrected chi connectivity index (χ4v) is 5.74. The number of rotatable bonds is 5. The van der Waals surface area contributed by atoms with Gasteiger partial charge in [-0.05, 0) is 32.0 Å². The van der Waals surface area contributed by atoms with Crippen molar-refractivity contribution in [3.63, 3.8) is 0 Å². The largest absolute Gasteiger partial charge is 0.378 e. The lowest BCUT2D eigenvalue weighted by atomic mass is 10.2. The molecule has 1 aromatic heterocycles. The van der Waals surface area contributed by atoms with Crippen LogP contribution >= 0.6 is 11.3 Å². The fraction of sp³-hybridized carbons (Fsp3) is 0.692. The second kappa shape index (κ2) is 6.53. The molecule has 0 radical (unpaired) electrons. The Bertz CT molecular complexity index is 554. The highest BCUT2D eigenvalue weighted by Crippen LogP contribution is 2.30. The van der Waals surface area contributed by atoms with Gasteiger partial charge in [-0.1, -0.05) is 6.92 Å². The summed E-state index contributed by atoms with van der Waals surface area (Å²) < 4.78 is 33.0. The predicted octanol–water partition coefficient (Wildman–Crippen LogP) is 1.58. The zero-order valence-electron chi connectivity index (χ0n) is 12.2. The Morgan fingerprint density at radius 2 is 2.30 bits per heavy atom. The number of morpholine rings is 1. The molecule has 1 aromatic rings. The Hall–Kier alpha value is -0.470. The first kappa shape index (κ1) is 15.9. The van der Waals surface area contributed by atoms with Crippen LogP contribution in [0, 0.1) is 6.92 Å². The first-order valence-corrected chi connectivity index (χ1v) is 9.09. The fourth-order valence-electron chi connectivity index (χ4n) is 2.34. The zero-order chi connectivity index (χ0) is 14.8. The van der Waals surface area contributed by atoms with Gasteiger partial charge < -0.3 is 10.1 Å². The molecule has 1 unspecified atom stereocenters. The maximum atomic E-state index is 12.8. The lowest BCUT2D eigenvalue weighted by molar-refractivity contribution is 0.0315. The molecule has 1 N–H and O–H groups in total. The molecule has 0 aliphatic carbocycles. The van der Waals surface area contributed by atoms with E-state index in [0.29, 0.717) is 30.5 Å². The van der Waals surface area contributed by atoms with Gasteiger partial charge in [0.15, 0.2) is 0 Å². The molecule has 1 fully saturated rings. The molecule has 5 nitrogen and oxygen atoms in total. The van der Waals surface area contributed by atoms with Crippen LogP contribution in [0.25, 0.3) is 0 Å². The summed E-state index contributed by atoms with van der Waals surface area (Å²) in [5.41, 5.74) is 1.03. The Morgan fingerprint density at radius 1 is 1.55 bits per heavy atom. The quantitative estimate of drug-likeness (QED) is 0.895. The van der Waals surface area contributed by atoms with Gasteiger partial charge in [0.25, 0.3) is 10.0 Å². The van der Waals surface area contributed by atoms with E-state index >= 15 is 0 Å². The Kier molecular flexibility index (Phi) is 5.19. The number of sulfonamides is 1. The molecule has 20 heavy (non-hydrogen) atoms. The number of aryl methyl sites for hydroxylation is 1. The van der Waals surface area contributed by atoms with Crippen molar-refractivity contribution in [1.29, 1.82) is 0 Å². The third kappa shape index (κ3) is 3.07. The standard InChI is InChI=1S/C13H22N2O3S2/c1-4-11-9-18-6-5-15(11)20(16,17)13-7-10(2)12(19-13)8-14-3/h7,11,14H,4-6,8-9H2,1-3H3. The summed E-state index contributed by atoms with van der Waals surface area (Å²) >= 11 is 1.36. The molecule has 1 saturated heterocycles. The third-order valence-electron chi connectivity index (χ3n) is 3.54. The van der Waals surface area contributed by atoms with Crippen molar-refractivity contribution in [3.8, 4) is 0 Å². The normalized spacial score (nSPS) is 21.2. The van der Waals surface area contributed by atoms with Crippen LogP contribution in [0.15, 0.2) is 10.3 Å².